The fourth-order valence-corrected chi connectivity index (χ4v) is 4.13. The fraction of sp³-hybridized carbons (Fsp3) is 0.552. The van der Waals surface area contributed by atoms with Crippen molar-refractivity contribution in [3.05, 3.63) is 65.2 Å². The number of carbonyl (C=O) groups excluding carboxylic acids is 1. The Morgan fingerprint density at radius 1 is 0.844 bits per heavy atom. The van der Waals surface area contributed by atoms with Gasteiger partial charge < -0.3 is 9.47 Å². The molecule has 3 heteroatoms. The van der Waals surface area contributed by atoms with Gasteiger partial charge in [-0.2, -0.15) is 0 Å². The van der Waals surface area contributed by atoms with Gasteiger partial charge >= 0.3 is 5.97 Å². The number of para-hydroxylation sites is 1. The number of rotatable bonds is 15. The second kappa shape index (κ2) is 14.8. The van der Waals surface area contributed by atoms with Crippen molar-refractivity contribution in [2.75, 3.05) is 6.61 Å². The molecule has 2 aromatic carbocycles. The predicted octanol–water partition coefficient (Wildman–Crippen LogP) is 8.64. The van der Waals surface area contributed by atoms with Gasteiger partial charge in [0.2, 0.25) is 0 Å². The maximum atomic E-state index is 12.8. The second-order valence-electron chi connectivity index (χ2n) is 8.72. The van der Waals surface area contributed by atoms with Gasteiger partial charge in [0.25, 0.3) is 0 Å². The third-order valence-corrected chi connectivity index (χ3v) is 6.17. The van der Waals surface area contributed by atoms with Crippen molar-refractivity contribution in [1.82, 2.24) is 0 Å². The predicted molar refractivity (Wildman–Crippen MR) is 134 cm³/mol. The van der Waals surface area contributed by atoms with Crippen molar-refractivity contribution >= 4 is 5.97 Å². The lowest BCUT2D eigenvalue weighted by Crippen LogP contribution is -2.11. The van der Waals surface area contributed by atoms with Crippen molar-refractivity contribution in [1.29, 1.82) is 0 Å². The Morgan fingerprint density at radius 2 is 1.53 bits per heavy atom. The van der Waals surface area contributed by atoms with Crippen LogP contribution in [0.2, 0.25) is 0 Å². The Bertz CT molecular complexity index is 781. The van der Waals surface area contributed by atoms with Crippen molar-refractivity contribution in [3.8, 4) is 5.75 Å². The SMILES string of the molecule is CCCCCCCCOC(C)c1ccc(C(=O)Oc2ccccc2C(CC)CCC)cc1. The molecule has 0 amide bonds. The molecule has 2 atom stereocenters. The molecule has 0 fully saturated rings. The molecule has 0 saturated carbocycles. The largest absolute Gasteiger partial charge is 0.423 e. The molecular formula is C29H42O3. The molecule has 0 aliphatic rings. The average molecular weight is 439 g/mol. The Morgan fingerprint density at radius 3 is 2.22 bits per heavy atom. The minimum atomic E-state index is -0.309. The van der Waals surface area contributed by atoms with Crippen LogP contribution in [0.25, 0.3) is 0 Å². The van der Waals surface area contributed by atoms with Gasteiger partial charge in [-0.3, -0.25) is 0 Å². The molecule has 0 aliphatic carbocycles. The topological polar surface area (TPSA) is 35.5 Å². The van der Waals surface area contributed by atoms with E-state index in [1.165, 1.54) is 32.1 Å². The third kappa shape index (κ3) is 8.43. The summed E-state index contributed by atoms with van der Waals surface area (Å²) in [4.78, 5) is 12.8. The van der Waals surface area contributed by atoms with Gasteiger partial charge in [0.1, 0.15) is 5.75 Å². The number of ether oxygens (including phenoxy) is 2. The van der Waals surface area contributed by atoms with E-state index in [0.717, 1.165) is 43.4 Å². The number of hydrogen-bond acceptors (Lipinski definition) is 3. The molecule has 0 spiro atoms. The van der Waals surface area contributed by atoms with Crippen LogP contribution in [0.3, 0.4) is 0 Å². The number of unbranched alkanes of at least 4 members (excludes halogenated alkanes) is 5. The van der Waals surface area contributed by atoms with E-state index in [4.69, 9.17) is 9.47 Å². The van der Waals surface area contributed by atoms with Crippen LogP contribution in [0, 0.1) is 0 Å². The number of esters is 1. The van der Waals surface area contributed by atoms with Gasteiger partial charge in [-0.1, -0.05) is 89.6 Å². The Labute approximate surface area is 195 Å². The van der Waals surface area contributed by atoms with Crippen LogP contribution < -0.4 is 4.74 Å². The molecule has 3 nitrogen and oxygen atoms in total. The summed E-state index contributed by atoms with van der Waals surface area (Å²) in [6.45, 7) is 9.47. The van der Waals surface area contributed by atoms with Crippen LogP contribution in [0.5, 0.6) is 5.75 Å². The molecule has 0 aliphatic heterocycles. The Hall–Kier alpha value is -2.13. The highest BCUT2D eigenvalue weighted by Gasteiger charge is 2.17. The quantitative estimate of drug-likeness (QED) is 0.158. The average Bonchev–Trinajstić information content (AvgIpc) is 2.82. The summed E-state index contributed by atoms with van der Waals surface area (Å²) < 4.78 is 11.8. The Balaban J connectivity index is 1.90. The molecule has 2 unspecified atom stereocenters. The molecule has 176 valence electrons. The molecule has 0 saturated heterocycles. The fourth-order valence-electron chi connectivity index (χ4n) is 4.13. The van der Waals surface area contributed by atoms with Crippen molar-refractivity contribution in [2.24, 2.45) is 0 Å². The maximum absolute atomic E-state index is 12.8. The first-order valence-electron chi connectivity index (χ1n) is 12.6. The van der Waals surface area contributed by atoms with Gasteiger partial charge in [-0.25, -0.2) is 4.79 Å². The monoisotopic (exact) mass is 438 g/mol. The zero-order valence-electron chi connectivity index (χ0n) is 20.6. The molecule has 2 rings (SSSR count). The van der Waals surface area contributed by atoms with E-state index >= 15 is 0 Å². The van der Waals surface area contributed by atoms with Crippen LogP contribution in [0.1, 0.15) is 119 Å². The van der Waals surface area contributed by atoms with E-state index in [1.54, 1.807) is 0 Å². The van der Waals surface area contributed by atoms with Crippen LogP contribution in [-0.2, 0) is 4.74 Å². The zero-order chi connectivity index (χ0) is 23.2. The lowest BCUT2D eigenvalue weighted by molar-refractivity contribution is 0.0626. The van der Waals surface area contributed by atoms with Crippen LogP contribution in [0.4, 0.5) is 0 Å². The summed E-state index contributed by atoms with van der Waals surface area (Å²) in [6.07, 6.45) is 10.8. The van der Waals surface area contributed by atoms with Crippen molar-refractivity contribution in [3.63, 3.8) is 0 Å². The minimum absolute atomic E-state index is 0.0239. The van der Waals surface area contributed by atoms with Gasteiger partial charge in [0.05, 0.1) is 11.7 Å². The number of hydrogen-bond donors (Lipinski definition) is 0. The van der Waals surface area contributed by atoms with Crippen LogP contribution in [0.15, 0.2) is 48.5 Å². The summed E-state index contributed by atoms with van der Waals surface area (Å²) in [5, 5.41) is 0. The first-order chi connectivity index (χ1) is 15.6. The second-order valence-corrected chi connectivity index (χ2v) is 8.72. The van der Waals surface area contributed by atoms with E-state index in [2.05, 4.69) is 33.8 Å². The summed E-state index contributed by atoms with van der Waals surface area (Å²) in [5.74, 6) is 0.782. The standard InChI is InChI=1S/C29H42O3/c1-5-8-9-10-11-14-22-31-23(4)25-18-20-26(21-19-25)29(30)32-28-17-13-12-16-27(28)24(7-3)15-6-2/h12-13,16-21,23-24H,5-11,14-15,22H2,1-4H3. The molecular weight excluding hydrogens is 396 g/mol. The van der Waals surface area contributed by atoms with E-state index in [1.807, 2.05) is 42.5 Å². The minimum Gasteiger partial charge on any atom is -0.423 e. The normalized spacial score (nSPS) is 13.0. The summed E-state index contributed by atoms with van der Waals surface area (Å²) >= 11 is 0. The summed E-state index contributed by atoms with van der Waals surface area (Å²) in [7, 11) is 0. The smallest absolute Gasteiger partial charge is 0.343 e. The van der Waals surface area contributed by atoms with E-state index < -0.39 is 0 Å². The Kier molecular flexibility index (Phi) is 12.1. The molecule has 32 heavy (non-hydrogen) atoms. The van der Waals surface area contributed by atoms with Gasteiger partial charge in [0.15, 0.2) is 0 Å². The van der Waals surface area contributed by atoms with E-state index in [9.17, 15) is 4.79 Å². The summed E-state index contributed by atoms with van der Waals surface area (Å²) in [5.41, 5.74) is 2.77. The third-order valence-electron chi connectivity index (χ3n) is 6.17. The molecule has 0 aromatic heterocycles. The van der Waals surface area contributed by atoms with Crippen molar-refractivity contribution < 1.29 is 14.3 Å². The van der Waals surface area contributed by atoms with Gasteiger partial charge in [-0.05, 0) is 61.4 Å². The molecule has 0 radical (unpaired) electrons. The van der Waals surface area contributed by atoms with Gasteiger partial charge in [0, 0.05) is 6.61 Å². The highest BCUT2D eigenvalue weighted by molar-refractivity contribution is 5.91. The van der Waals surface area contributed by atoms with E-state index in [0.29, 0.717) is 17.2 Å². The van der Waals surface area contributed by atoms with E-state index in [-0.39, 0.29) is 12.1 Å². The molecule has 0 bridgehead atoms. The number of carbonyl (C=O) groups is 1. The zero-order valence-corrected chi connectivity index (χ0v) is 20.6. The highest BCUT2D eigenvalue weighted by atomic mass is 16.5. The first kappa shape index (κ1) is 26.1. The van der Waals surface area contributed by atoms with Crippen molar-refractivity contribution in [2.45, 2.75) is 97.5 Å². The first-order valence-corrected chi connectivity index (χ1v) is 12.6. The lowest BCUT2D eigenvalue weighted by atomic mass is 9.91. The summed E-state index contributed by atoms with van der Waals surface area (Å²) in [6, 6.07) is 15.6. The lowest BCUT2D eigenvalue weighted by Gasteiger charge is -2.18. The number of benzene rings is 2. The maximum Gasteiger partial charge on any atom is 0.343 e. The molecule has 0 N–H and O–H groups in total. The van der Waals surface area contributed by atoms with Crippen LogP contribution in [-0.4, -0.2) is 12.6 Å². The molecule has 2 aromatic rings. The highest BCUT2D eigenvalue weighted by Crippen LogP contribution is 2.32. The molecule has 0 heterocycles. The van der Waals surface area contributed by atoms with Crippen LogP contribution >= 0.6 is 0 Å². The van der Waals surface area contributed by atoms with Gasteiger partial charge in [-0.15, -0.1) is 0 Å².